The second-order valence-corrected chi connectivity index (χ2v) is 8.21. The van der Waals surface area contributed by atoms with Gasteiger partial charge in [0, 0.05) is 43.0 Å². The van der Waals surface area contributed by atoms with Gasteiger partial charge in [-0.15, -0.1) is 0 Å². The summed E-state index contributed by atoms with van der Waals surface area (Å²) in [7, 11) is -1.04. The number of methoxy groups -OCH3 is 1. The van der Waals surface area contributed by atoms with E-state index in [1.165, 1.54) is 0 Å². The van der Waals surface area contributed by atoms with Crippen molar-refractivity contribution in [2.75, 3.05) is 44.9 Å². The first kappa shape index (κ1) is 22.5. The van der Waals surface area contributed by atoms with E-state index in [0.717, 1.165) is 42.5 Å². The van der Waals surface area contributed by atoms with Gasteiger partial charge in [0.05, 0.1) is 19.2 Å². The Morgan fingerprint density at radius 3 is 2.73 bits per heavy atom. The van der Waals surface area contributed by atoms with E-state index < -0.39 is 10.9 Å². The summed E-state index contributed by atoms with van der Waals surface area (Å²) in [4.78, 5) is 9.09. The molecule has 1 aromatic heterocycles. The molecule has 2 aromatic rings. The lowest BCUT2D eigenvalue weighted by atomic mass is 9.85. The van der Waals surface area contributed by atoms with Crippen LogP contribution in [0, 0.1) is 11.8 Å². The van der Waals surface area contributed by atoms with Gasteiger partial charge in [0.1, 0.15) is 6.61 Å². The maximum atomic E-state index is 10.6. The molecule has 166 valence electrons. The minimum absolute atomic E-state index is 0.0670. The first-order valence-electron chi connectivity index (χ1n) is 10.1. The van der Waals surface area contributed by atoms with Crippen molar-refractivity contribution >= 4 is 27.5 Å². The summed E-state index contributed by atoms with van der Waals surface area (Å²) in [5.74, 6) is 2.07. The molecule has 0 amide bonds. The molecule has 1 saturated heterocycles. The molecule has 0 spiro atoms. The molecule has 1 atom stereocenters. The molecule has 1 aromatic carbocycles. The van der Waals surface area contributed by atoms with Crippen LogP contribution in [0.3, 0.4) is 0 Å². The third-order valence-corrected chi connectivity index (χ3v) is 5.97. The lowest BCUT2D eigenvalue weighted by Gasteiger charge is -2.36. The number of aliphatic hydroxyl groups is 1. The lowest BCUT2D eigenvalue weighted by Crippen LogP contribution is -2.40. The van der Waals surface area contributed by atoms with Gasteiger partial charge in [-0.3, -0.25) is 4.98 Å². The molecule has 1 aliphatic heterocycles. The number of nitrogens with zero attached hydrogens (tertiary/aromatic N) is 2. The van der Waals surface area contributed by atoms with Crippen LogP contribution in [0.15, 0.2) is 24.4 Å². The summed E-state index contributed by atoms with van der Waals surface area (Å²) in [5, 5.41) is 10.1. The highest BCUT2D eigenvalue weighted by Crippen LogP contribution is 2.37. The highest BCUT2D eigenvalue weighted by atomic mass is 32.2. The molecule has 3 rings (SSSR count). The van der Waals surface area contributed by atoms with E-state index in [0.29, 0.717) is 29.9 Å². The van der Waals surface area contributed by atoms with Gasteiger partial charge >= 0.3 is 0 Å². The first-order valence-corrected chi connectivity index (χ1v) is 11.3. The van der Waals surface area contributed by atoms with Gasteiger partial charge in [-0.05, 0) is 36.8 Å². The molecular weight excluding hydrogens is 408 g/mol. The maximum absolute atomic E-state index is 10.6. The summed E-state index contributed by atoms with van der Waals surface area (Å²) in [6, 6.07) is 5.81. The van der Waals surface area contributed by atoms with Gasteiger partial charge in [0.2, 0.25) is 10.9 Å². The number of fused-ring (bicyclic) bond motifs is 1. The van der Waals surface area contributed by atoms with Crippen LogP contribution in [0.1, 0.15) is 19.8 Å². The largest absolute Gasteiger partial charge is 0.493 e. The number of nitrogens with one attached hydrogen (secondary N) is 2. The number of anilines is 1. The van der Waals surface area contributed by atoms with Crippen molar-refractivity contribution in [2.45, 2.75) is 19.8 Å². The molecule has 30 heavy (non-hydrogen) atoms. The Morgan fingerprint density at radius 2 is 2.07 bits per heavy atom. The zero-order valence-corrected chi connectivity index (χ0v) is 18.2. The number of hydrogen-bond acceptors (Lipinski definition) is 8. The second-order valence-electron chi connectivity index (χ2n) is 7.47. The molecule has 1 aliphatic rings. The van der Waals surface area contributed by atoms with Crippen LogP contribution in [0.4, 0.5) is 5.69 Å². The van der Waals surface area contributed by atoms with Gasteiger partial charge < -0.3 is 19.5 Å². The fraction of sp³-hybridized carbons (Fsp3) is 0.550. The number of ether oxygens (including phenoxy) is 2. The molecule has 0 aliphatic carbocycles. The summed E-state index contributed by atoms with van der Waals surface area (Å²) in [6.45, 7) is 4.71. The Hall–Kier alpha value is -2.14. The quantitative estimate of drug-likeness (QED) is 0.322. The SMILES string of the molecule is COc1cc2nccc(N3CCC(C(C)CNN[SH](=O)=O)CC3)c2cc1OCCO. The summed E-state index contributed by atoms with van der Waals surface area (Å²) < 4.78 is 32.3. The van der Waals surface area contributed by atoms with Crippen molar-refractivity contribution in [1.29, 1.82) is 0 Å². The molecule has 0 saturated carbocycles. The number of aromatic nitrogens is 1. The van der Waals surface area contributed by atoms with E-state index in [4.69, 9.17) is 14.6 Å². The van der Waals surface area contributed by atoms with Crippen LogP contribution in [-0.2, 0) is 10.9 Å². The topological polar surface area (TPSA) is 113 Å². The van der Waals surface area contributed by atoms with Crippen LogP contribution < -0.4 is 24.6 Å². The molecule has 0 radical (unpaired) electrons. The standard InChI is InChI=1S/C20H30N4O5S/c1-14(13-22-23-30(26)27)15-4-7-24(8-5-15)18-3-6-21-17-12-19(28-2)20(11-16(17)18)29-10-9-25/h3,6,11-12,14-15,22,25,30H,4-5,7-10,13H2,1-2H3,(H,23,26,27). The summed E-state index contributed by atoms with van der Waals surface area (Å²) in [6.07, 6.45) is 3.86. The highest BCUT2D eigenvalue weighted by molar-refractivity contribution is 7.70. The molecular formula is C20H30N4O5S. The Balaban J connectivity index is 1.72. The number of aliphatic hydroxyl groups excluding tert-OH is 1. The monoisotopic (exact) mass is 438 g/mol. The van der Waals surface area contributed by atoms with Gasteiger partial charge in [-0.2, -0.15) is 4.83 Å². The maximum Gasteiger partial charge on any atom is 0.214 e. The van der Waals surface area contributed by atoms with Crippen molar-refractivity contribution in [3.05, 3.63) is 24.4 Å². The van der Waals surface area contributed by atoms with E-state index in [1.54, 1.807) is 13.3 Å². The van der Waals surface area contributed by atoms with Crippen molar-refractivity contribution in [1.82, 2.24) is 15.2 Å². The second kappa shape index (κ2) is 10.8. The van der Waals surface area contributed by atoms with E-state index in [1.807, 2.05) is 18.2 Å². The number of hydrazine groups is 1. The van der Waals surface area contributed by atoms with E-state index in [-0.39, 0.29) is 13.2 Å². The normalized spacial score (nSPS) is 16.2. The van der Waals surface area contributed by atoms with Gasteiger partial charge in [-0.25, -0.2) is 13.8 Å². The van der Waals surface area contributed by atoms with Crippen LogP contribution in [0.2, 0.25) is 0 Å². The minimum Gasteiger partial charge on any atom is -0.493 e. The van der Waals surface area contributed by atoms with Gasteiger partial charge in [0.15, 0.2) is 11.5 Å². The van der Waals surface area contributed by atoms with E-state index in [9.17, 15) is 8.42 Å². The Labute approximate surface area is 178 Å². The van der Waals surface area contributed by atoms with Crippen molar-refractivity contribution in [2.24, 2.45) is 11.8 Å². The first-order chi connectivity index (χ1) is 14.5. The number of benzene rings is 1. The lowest BCUT2D eigenvalue weighted by molar-refractivity contribution is 0.196. The Kier molecular flexibility index (Phi) is 8.08. The third kappa shape index (κ3) is 5.51. The molecule has 9 nitrogen and oxygen atoms in total. The van der Waals surface area contributed by atoms with Gasteiger partial charge in [0.25, 0.3) is 0 Å². The number of rotatable bonds is 10. The Bertz CT molecular complexity index is 907. The molecule has 1 fully saturated rings. The number of piperidine rings is 1. The summed E-state index contributed by atoms with van der Waals surface area (Å²) >= 11 is 0. The predicted octanol–water partition coefficient (Wildman–Crippen LogP) is 1.09. The highest BCUT2D eigenvalue weighted by Gasteiger charge is 2.25. The number of hydrogen-bond donors (Lipinski definition) is 4. The van der Waals surface area contributed by atoms with Gasteiger partial charge in [-0.1, -0.05) is 6.92 Å². The average molecular weight is 439 g/mol. The van der Waals surface area contributed by atoms with Crippen molar-refractivity contribution < 1.29 is 23.0 Å². The number of pyridine rings is 1. The van der Waals surface area contributed by atoms with Crippen LogP contribution in [0.25, 0.3) is 10.9 Å². The number of thiol groups is 1. The van der Waals surface area contributed by atoms with Crippen LogP contribution in [-0.4, -0.2) is 58.5 Å². The molecule has 2 heterocycles. The Morgan fingerprint density at radius 1 is 1.30 bits per heavy atom. The summed E-state index contributed by atoms with van der Waals surface area (Å²) in [5.41, 5.74) is 4.71. The van der Waals surface area contributed by atoms with Crippen molar-refractivity contribution in [3.8, 4) is 11.5 Å². The fourth-order valence-corrected chi connectivity index (χ4v) is 4.21. The van der Waals surface area contributed by atoms with Crippen LogP contribution in [0.5, 0.6) is 11.5 Å². The fourth-order valence-electron chi connectivity index (χ4n) is 3.99. The van der Waals surface area contributed by atoms with Crippen LogP contribution >= 0.6 is 0 Å². The average Bonchev–Trinajstić information content (AvgIpc) is 2.76. The third-order valence-electron chi connectivity index (χ3n) is 5.63. The van der Waals surface area contributed by atoms with E-state index in [2.05, 4.69) is 27.1 Å². The molecule has 10 heteroatoms. The zero-order chi connectivity index (χ0) is 21.5. The molecule has 1 unspecified atom stereocenters. The zero-order valence-electron chi connectivity index (χ0n) is 17.3. The molecule has 3 N–H and O–H groups in total. The van der Waals surface area contributed by atoms with E-state index >= 15 is 0 Å². The smallest absolute Gasteiger partial charge is 0.214 e. The molecule has 0 bridgehead atoms. The predicted molar refractivity (Wildman–Crippen MR) is 116 cm³/mol. The van der Waals surface area contributed by atoms with Crippen molar-refractivity contribution in [3.63, 3.8) is 0 Å². The minimum atomic E-state index is -2.62.